The van der Waals surface area contributed by atoms with Gasteiger partial charge in [0.2, 0.25) is 5.88 Å². The summed E-state index contributed by atoms with van der Waals surface area (Å²) in [5.41, 5.74) is 0.367. The minimum absolute atomic E-state index is 0.137. The number of rotatable bonds is 4. The summed E-state index contributed by atoms with van der Waals surface area (Å²) >= 11 is 0. The average Bonchev–Trinajstić information content (AvgIpc) is 2.38. The zero-order valence-electron chi connectivity index (χ0n) is 9.92. The Hall–Kier alpha value is -2.57. The quantitative estimate of drug-likeness (QED) is 0.805. The van der Waals surface area contributed by atoms with E-state index in [1.807, 2.05) is 0 Å². The van der Waals surface area contributed by atoms with E-state index in [0.29, 0.717) is 11.8 Å². The maximum atomic E-state index is 12.1. The van der Waals surface area contributed by atoms with Crippen molar-refractivity contribution in [3.8, 4) is 17.4 Å². The van der Waals surface area contributed by atoms with Crippen molar-refractivity contribution in [3.05, 3.63) is 48.2 Å². The van der Waals surface area contributed by atoms with Gasteiger partial charge in [-0.25, -0.2) is 4.98 Å². The van der Waals surface area contributed by atoms with Crippen molar-refractivity contribution in [3.63, 3.8) is 0 Å². The van der Waals surface area contributed by atoms with Gasteiger partial charge in [-0.15, -0.1) is 13.2 Å². The summed E-state index contributed by atoms with van der Waals surface area (Å²) in [4.78, 5) is 14.3. The molecule has 1 aromatic heterocycles. The second-order valence-electron chi connectivity index (χ2n) is 3.67. The van der Waals surface area contributed by atoms with E-state index in [9.17, 15) is 18.0 Å². The Morgan fingerprint density at radius 1 is 1.10 bits per heavy atom. The van der Waals surface area contributed by atoms with Gasteiger partial charge in [-0.05, 0) is 18.2 Å². The number of carbonyl (C=O) groups excluding carboxylic acids is 1. The maximum Gasteiger partial charge on any atom is 0.573 e. The second-order valence-corrected chi connectivity index (χ2v) is 3.67. The van der Waals surface area contributed by atoms with E-state index in [1.54, 1.807) is 0 Å². The van der Waals surface area contributed by atoms with Crippen LogP contribution in [0.15, 0.2) is 42.6 Å². The van der Waals surface area contributed by atoms with Gasteiger partial charge in [-0.1, -0.05) is 6.07 Å². The summed E-state index contributed by atoms with van der Waals surface area (Å²) in [5.74, 6) is -0.0997. The molecule has 2 rings (SSSR count). The lowest BCUT2D eigenvalue weighted by molar-refractivity contribution is -0.274. The van der Waals surface area contributed by atoms with Gasteiger partial charge in [0.05, 0.1) is 0 Å². The molecule has 1 aromatic carbocycles. The Kier molecular flexibility index (Phi) is 3.88. The summed E-state index contributed by atoms with van der Waals surface area (Å²) < 4.78 is 45.3. The second kappa shape index (κ2) is 5.60. The molecule has 0 aliphatic carbocycles. The first-order chi connectivity index (χ1) is 9.46. The van der Waals surface area contributed by atoms with Gasteiger partial charge < -0.3 is 9.47 Å². The van der Waals surface area contributed by atoms with Gasteiger partial charge >= 0.3 is 6.36 Å². The molecule has 0 saturated carbocycles. The number of carbonyl (C=O) groups is 1. The highest BCUT2D eigenvalue weighted by Gasteiger charge is 2.31. The topological polar surface area (TPSA) is 48.4 Å². The molecule has 0 unspecified atom stereocenters. The standard InChI is InChI=1S/C13H8F3NO3/c14-13(15,16)20-11-3-1-2-10(6-11)19-12-5-4-9(8-18)7-17-12/h1-8H. The number of aromatic nitrogens is 1. The van der Waals surface area contributed by atoms with Gasteiger partial charge in [-0.2, -0.15) is 0 Å². The lowest BCUT2D eigenvalue weighted by atomic mass is 10.3. The number of pyridine rings is 1. The fraction of sp³-hybridized carbons (Fsp3) is 0.0769. The molecule has 0 fully saturated rings. The van der Waals surface area contributed by atoms with E-state index in [-0.39, 0.29) is 17.4 Å². The summed E-state index contributed by atoms with van der Waals surface area (Å²) in [6.45, 7) is 0. The van der Waals surface area contributed by atoms with Crippen LogP contribution in [0.3, 0.4) is 0 Å². The molecule has 0 N–H and O–H groups in total. The van der Waals surface area contributed by atoms with Gasteiger partial charge in [0.1, 0.15) is 11.5 Å². The molecule has 0 aliphatic heterocycles. The summed E-state index contributed by atoms with van der Waals surface area (Å²) in [6, 6.07) is 7.97. The lowest BCUT2D eigenvalue weighted by Crippen LogP contribution is -2.17. The summed E-state index contributed by atoms with van der Waals surface area (Å²) in [7, 11) is 0. The molecule has 0 aliphatic rings. The van der Waals surface area contributed by atoms with Crippen molar-refractivity contribution in [2.24, 2.45) is 0 Å². The first kappa shape index (κ1) is 13.9. The molecule has 0 amide bonds. The Morgan fingerprint density at radius 2 is 1.85 bits per heavy atom. The highest BCUT2D eigenvalue weighted by molar-refractivity contribution is 5.74. The number of nitrogens with zero attached hydrogens (tertiary/aromatic N) is 1. The van der Waals surface area contributed by atoms with E-state index < -0.39 is 6.36 Å². The van der Waals surface area contributed by atoms with E-state index in [1.165, 1.54) is 30.5 Å². The van der Waals surface area contributed by atoms with Crippen LogP contribution in [0.25, 0.3) is 0 Å². The fourth-order valence-electron chi connectivity index (χ4n) is 1.38. The lowest BCUT2D eigenvalue weighted by Gasteiger charge is -2.10. The molecule has 0 atom stereocenters. The molecule has 0 spiro atoms. The van der Waals surface area contributed by atoms with Crippen LogP contribution in [-0.2, 0) is 0 Å². The number of ether oxygens (including phenoxy) is 2. The largest absolute Gasteiger partial charge is 0.573 e. The number of hydrogen-bond donors (Lipinski definition) is 0. The van der Waals surface area contributed by atoms with Crippen LogP contribution >= 0.6 is 0 Å². The Bertz CT molecular complexity index is 597. The smallest absolute Gasteiger partial charge is 0.439 e. The molecule has 0 saturated heterocycles. The Balaban J connectivity index is 2.12. The van der Waals surface area contributed by atoms with Crippen molar-refractivity contribution in [2.45, 2.75) is 6.36 Å². The van der Waals surface area contributed by atoms with Gasteiger partial charge in [0.25, 0.3) is 0 Å². The molecule has 0 radical (unpaired) electrons. The third-order valence-corrected chi connectivity index (χ3v) is 2.16. The number of benzene rings is 1. The highest BCUT2D eigenvalue weighted by atomic mass is 19.4. The molecule has 104 valence electrons. The third-order valence-electron chi connectivity index (χ3n) is 2.16. The molecule has 20 heavy (non-hydrogen) atoms. The minimum Gasteiger partial charge on any atom is -0.439 e. The first-order valence-corrected chi connectivity index (χ1v) is 5.41. The molecular weight excluding hydrogens is 275 g/mol. The maximum absolute atomic E-state index is 12.1. The van der Waals surface area contributed by atoms with Crippen molar-refractivity contribution in [1.82, 2.24) is 4.98 Å². The summed E-state index contributed by atoms with van der Waals surface area (Å²) in [5, 5.41) is 0. The van der Waals surface area contributed by atoms with E-state index in [2.05, 4.69) is 9.72 Å². The Morgan fingerprint density at radius 3 is 2.45 bits per heavy atom. The van der Waals surface area contributed by atoms with E-state index in [0.717, 1.165) is 12.1 Å². The first-order valence-electron chi connectivity index (χ1n) is 5.41. The zero-order chi connectivity index (χ0) is 14.6. The van der Waals surface area contributed by atoms with Crippen LogP contribution < -0.4 is 9.47 Å². The highest BCUT2D eigenvalue weighted by Crippen LogP contribution is 2.28. The van der Waals surface area contributed by atoms with Crippen molar-refractivity contribution in [1.29, 1.82) is 0 Å². The number of alkyl halides is 3. The predicted octanol–water partition coefficient (Wildman–Crippen LogP) is 3.59. The average molecular weight is 283 g/mol. The normalized spacial score (nSPS) is 10.9. The third kappa shape index (κ3) is 3.98. The fourth-order valence-corrected chi connectivity index (χ4v) is 1.38. The predicted molar refractivity (Wildman–Crippen MR) is 62.8 cm³/mol. The van der Waals surface area contributed by atoms with Crippen LogP contribution in [0.5, 0.6) is 17.4 Å². The minimum atomic E-state index is -4.76. The number of hydrogen-bond acceptors (Lipinski definition) is 4. The molecule has 1 heterocycles. The summed E-state index contributed by atoms with van der Waals surface area (Å²) in [6.07, 6.45) is -2.85. The molecular formula is C13H8F3NO3. The number of halogens is 3. The van der Waals surface area contributed by atoms with Crippen molar-refractivity contribution in [2.75, 3.05) is 0 Å². The van der Waals surface area contributed by atoms with Gasteiger partial charge in [0.15, 0.2) is 6.29 Å². The van der Waals surface area contributed by atoms with Crippen molar-refractivity contribution >= 4 is 6.29 Å². The van der Waals surface area contributed by atoms with Gasteiger partial charge in [-0.3, -0.25) is 4.79 Å². The zero-order valence-corrected chi connectivity index (χ0v) is 9.92. The van der Waals surface area contributed by atoms with Crippen LogP contribution in [-0.4, -0.2) is 17.6 Å². The molecule has 7 heteroatoms. The SMILES string of the molecule is O=Cc1ccc(Oc2cccc(OC(F)(F)F)c2)nc1. The van der Waals surface area contributed by atoms with Crippen LogP contribution in [0.1, 0.15) is 10.4 Å². The van der Waals surface area contributed by atoms with Crippen molar-refractivity contribution < 1.29 is 27.4 Å². The number of aldehydes is 1. The monoisotopic (exact) mass is 283 g/mol. The molecule has 0 bridgehead atoms. The van der Waals surface area contributed by atoms with Gasteiger partial charge in [0, 0.05) is 23.9 Å². The van der Waals surface area contributed by atoms with Crippen LogP contribution in [0, 0.1) is 0 Å². The van der Waals surface area contributed by atoms with Crippen LogP contribution in [0.2, 0.25) is 0 Å². The van der Waals surface area contributed by atoms with E-state index >= 15 is 0 Å². The van der Waals surface area contributed by atoms with E-state index in [4.69, 9.17) is 4.74 Å². The van der Waals surface area contributed by atoms with Crippen LogP contribution in [0.4, 0.5) is 13.2 Å². The molecule has 4 nitrogen and oxygen atoms in total. The Labute approximate surface area is 111 Å². The molecule has 2 aromatic rings.